The summed E-state index contributed by atoms with van der Waals surface area (Å²) in [4.78, 5) is 11.3. The Morgan fingerprint density at radius 2 is 1.76 bits per heavy atom. The Hall–Kier alpha value is -1.51. The molecule has 3 heteroatoms. The summed E-state index contributed by atoms with van der Waals surface area (Å²) < 4.78 is 11.3. The topological polar surface area (TPSA) is 35.5 Å². The molecule has 1 aromatic rings. The number of carbonyl (C=O) groups is 1. The van der Waals surface area contributed by atoms with Gasteiger partial charge < -0.3 is 9.47 Å². The molecule has 0 radical (unpaired) electrons. The third kappa shape index (κ3) is 3.22. The molecule has 0 N–H and O–H groups in total. The maximum Gasteiger partial charge on any atom is 0.303 e. The van der Waals surface area contributed by atoms with Crippen molar-refractivity contribution in [3.05, 3.63) is 28.8 Å². The Balaban J connectivity index is 2.60. The van der Waals surface area contributed by atoms with Crippen LogP contribution in [0, 0.1) is 0 Å². The second kappa shape index (κ2) is 5.04. The second-order valence-corrected chi connectivity index (χ2v) is 7.85. The lowest BCUT2D eigenvalue weighted by molar-refractivity contribution is -0.147. The van der Waals surface area contributed by atoms with Crippen molar-refractivity contribution in [1.82, 2.24) is 0 Å². The number of fused-ring (bicyclic) bond motifs is 1. The Labute approximate surface area is 127 Å². The lowest BCUT2D eigenvalue weighted by atomic mass is 9.78. The number of hydrogen-bond acceptors (Lipinski definition) is 3. The van der Waals surface area contributed by atoms with Crippen molar-refractivity contribution in [3.63, 3.8) is 0 Å². The molecule has 0 aliphatic carbocycles. The van der Waals surface area contributed by atoms with Crippen molar-refractivity contribution in [3.8, 4) is 5.75 Å². The molecule has 1 heterocycles. The van der Waals surface area contributed by atoms with Crippen LogP contribution in [0.3, 0.4) is 0 Å². The molecule has 1 unspecified atom stereocenters. The average molecular weight is 290 g/mol. The van der Waals surface area contributed by atoms with Gasteiger partial charge in [-0.1, -0.05) is 47.6 Å². The summed E-state index contributed by atoms with van der Waals surface area (Å²) in [7, 11) is 0. The molecular weight excluding hydrogens is 264 g/mol. The van der Waals surface area contributed by atoms with Crippen molar-refractivity contribution in [1.29, 1.82) is 0 Å². The van der Waals surface area contributed by atoms with Gasteiger partial charge in [-0.15, -0.1) is 0 Å². The first-order chi connectivity index (χ1) is 9.50. The fourth-order valence-electron chi connectivity index (χ4n) is 2.59. The van der Waals surface area contributed by atoms with Gasteiger partial charge in [0.05, 0.1) is 0 Å². The van der Waals surface area contributed by atoms with E-state index < -0.39 is 0 Å². The largest absolute Gasteiger partial charge is 0.489 e. The molecule has 21 heavy (non-hydrogen) atoms. The fraction of sp³-hybridized carbons (Fsp3) is 0.611. The first-order valence-corrected chi connectivity index (χ1v) is 7.49. The maximum absolute atomic E-state index is 11.3. The molecule has 0 spiro atoms. The molecule has 0 aromatic heterocycles. The van der Waals surface area contributed by atoms with Crippen LogP contribution >= 0.6 is 0 Å². The predicted molar refractivity (Wildman–Crippen MR) is 83.8 cm³/mol. The van der Waals surface area contributed by atoms with E-state index in [4.69, 9.17) is 9.47 Å². The number of ether oxygens (including phenoxy) is 2. The van der Waals surface area contributed by atoms with Gasteiger partial charge in [-0.2, -0.15) is 0 Å². The highest BCUT2D eigenvalue weighted by Gasteiger charge is 2.34. The molecule has 0 fully saturated rings. The zero-order valence-corrected chi connectivity index (χ0v) is 14.2. The van der Waals surface area contributed by atoms with Gasteiger partial charge in [0.2, 0.25) is 0 Å². The first kappa shape index (κ1) is 15.9. The maximum atomic E-state index is 11.3. The predicted octanol–water partition coefficient (Wildman–Crippen LogP) is 4.28. The van der Waals surface area contributed by atoms with Crippen molar-refractivity contribution in [2.45, 2.75) is 65.4 Å². The summed E-state index contributed by atoms with van der Waals surface area (Å²) in [5, 5.41) is 0. The smallest absolute Gasteiger partial charge is 0.303 e. The summed E-state index contributed by atoms with van der Waals surface area (Å²) in [5.41, 5.74) is 3.45. The molecule has 0 amide bonds. The van der Waals surface area contributed by atoms with Crippen molar-refractivity contribution in [2.75, 3.05) is 6.61 Å². The van der Waals surface area contributed by atoms with Gasteiger partial charge >= 0.3 is 5.97 Å². The monoisotopic (exact) mass is 290 g/mol. The van der Waals surface area contributed by atoms with Crippen molar-refractivity contribution in [2.24, 2.45) is 0 Å². The Morgan fingerprint density at radius 3 is 2.24 bits per heavy atom. The van der Waals surface area contributed by atoms with E-state index in [9.17, 15) is 4.79 Å². The van der Waals surface area contributed by atoms with Crippen molar-refractivity contribution >= 4 is 5.97 Å². The quantitative estimate of drug-likeness (QED) is 0.724. The fourth-order valence-corrected chi connectivity index (χ4v) is 2.59. The van der Waals surface area contributed by atoms with E-state index in [1.165, 1.54) is 18.1 Å². The number of carbonyl (C=O) groups excluding carboxylic acids is 1. The molecule has 1 aliphatic rings. The molecule has 116 valence electrons. The lowest BCUT2D eigenvalue weighted by Gasteiger charge is -2.27. The van der Waals surface area contributed by atoms with Gasteiger partial charge in [-0.25, -0.2) is 0 Å². The average Bonchev–Trinajstić information content (AvgIpc) is 2.68. The van der Waals surface area contributed by atoms with Gasteiger partial charge in [-0.3, -0.25) is 4.79 Å². The summed E-state index contributed by atoms with van der Waals surface area (Å²) >= 11 is 0. The van der Waals surface area contributed by atoms with E-state index in [0.29, 0.717) is 6.61 Å². The molecule has 2 rings (SSSR count). The van der Waals surface area contributed by atoms with Crippen LogP contribution in [0.25, 0.3) is 0 Å². The highest BCUT2D eigenvalue weighted by Crippen LogP contribution is 2.44. The van der Waals surface area contributed by atoms with Gasteiger partial charge in [0, 0.05) is 18.1 Å². The third-order valence-corrected chi connectivity index (χ3v) is 3.83. The third-order valence-electron chi connectivity index (χ3n) is 3.83. The van der Waals surface area contributed by atoms with Crippen molar-refractivity contribution < 1.29 is 14.3 Å². The normalized spacial score (nSPS) is 18.1. The molecule has 0 bridgehead atoms. The van der Waals surface area contributed by atoms with Crippen LogP contribution in [0.5, 0.6) is 5.75 Å². The van der Waals surface area contributed by atoms with Gasteiger partial charge in [0.15, 0.2) is 6.10 Å². The van der Waals surface area contributed by atoms with E-state index in [-0.39, 0.29) is 22.9 Å². The molecule has 3 nitrogen and oxygen atoms in total. The molecule has 1 aromatic carbocycles. The van der Waals surface area contributed by atoms with Crippen LogP contribution < -0.4 is 4.74 Å². The molecular formula is C18H26O3. The van der Waals surface area contributed by atoms with E-state index in [0.717, 1.165) is 11.3 Å². The van der Waals surface area contributed by atoms with E-state index >= 15 is 0 Å². The van der Waals surface area contributed by atoms with Crippen LogP contribution in [0.2, 0.25) is 0 Å². The number of esters is 1. The van der Waals surface area contributed by atoms with Gasteiger partial charge in [0.25, 0.3) is 0 Å². The van der Waals surface area contributed by atoms with E-state index in [1.807, 2.05) is 0 Å². The number of rotatable bonds is 1. The molecule has 0 saturated carbocycles. The Bertz CT molecular complexity index is 559. The Morgan fingerprint density at radius 1 is 1.14 bits per heavy atom. The van der Waals surface area contributed by atoms with Crippen LogP contribution in [0.4, 0.5) is 0 Å². The first-order valence-electron chi connectivity index (χ1n) is 7.49. The second-order valence-electron chi connectivity index (χ2n) is 7.85. The SMILES string of the molecule is CC(=O)OC1COc2c1cc(C(C)(C)C)cc2C(C)(C)C. The summed E-state index contributed by atoms with van der Waals surface area (Å²) in [6.45, 7) is 15.0. The molecule has 1 aliphatic heterocycles. The molecule has 1 atom stereocenters. The number of benzene rings is 1. The highest BCUT2D eigenvalue weighted by molar-refractivity contribution is 5.67. The van der Waals surface area contributed by atoms with Gasteiger partial charge in [-0.05, 0) is 22.5 Å². The summed E-state index contributed by atoms with van der Waals surface area (Å²) in [6, 6.07) is 4.36. The minimum absolute atomic E-state index is 0.0174. The Kier molecular flexibility index (Phi) is 3.81. The number of hydrogen-bond donors (Lipinski definition) is 0. The minimum Gasteiger partial charge on any atom is -0.489 e. The van der Waals surface area contributed by atoms with Crippen LogP contribution in [-0.4, -0.2) is 12.6 Å². The lowest BCUT2D eigenvalue weighted by Crippen LogP contribution is -2.17. The molecule has 0 saturated heterocycles. The zero-order valence-electron chi connectivity index (χ0n) is 14.2. The van der Waals surface area contributed by atoms with Gasteiger partial charge in [0.1, 0.15) is 12.4 Å². The van der Waals surface area contributed by atoms with Crippen LogP contribution in [0.1, 0.15) is 71.3 Å². The standard InChI is InChI=1S/C18H26O3/c1-11(19)21-15-10-20-16-13(15)8-12(17(2,3)4)9-14(16)18(5,6)7/h8-9,15H,10H2,1-7H3. The summed E-state index contributed by atoms with van der Waals surface area (Å²) in [6.07, 6.45) is -0.291. The zero-order chi connectivity index (χ0) is 16.0. The van der Waals surface area contributed by atoms with Crippen LogP contribution in [0.15, 0.2) is 12.1 Å². The highest BCUT2D eigenvalue weighted by atomic mass is 16.6. The van der Waals surface area contributed by atoms with Crippen LogP contribution in [-0.2, 0) is 20.4 Å². The van der Waals surface area contributed by atoms with E-state index in [1.54, 1.807) is 0 Å². The minimum atomic E-state index is -0.291. The van der Waals surface area contributed by atoms with E-state index in [2.05, 4.69) is 53.7 Å². The summed E-state index contributed by atoms with van der Waals surface area (Å²) in [5.74, 6) is 0.622.